The summed E-state index contributed by atoms with van der Waals surface area (Å²) in [6.45, 7) is 4.13. The van der Waals surface area contributed by atoms with Crippen molar-refractivity contribution in [2.75, 3.05) is 39.1 Å². The number of ether oxygens (including phenoxy) is 1. The highest BCUT2D eigenvalue weighted by molar-refractivity contribution is 7.52. The second-order valence-corrected chi connectivity index (χ2v) is 7.16. The van der Waals surface area contributed by atoms with E-state index in [1.165, 1.54) is 0 Å². The lowest BCUT2D eigenvalue weighted by Crippen LogP contribution is -2.48. The molecule has 0 aliphatic carbocycles. The van der Waals surface area contributed by atoms with E-state index in [-0.39, 0.29) is 25.6 Å². The van der Waals surface area contributed by atoms with Crippen molar-refractivity contribution in [3.8, 4) is 0 Å². The van der Waals surface area contributed by atoms with Crippen LogP contribution in [0.4, 0.5) is 4.79 Å². The molecule has 1 N–H and O–H groups in total. The molecule has 1 fully saturated rings. The van der Waals surface area contributed by atoms with Gasteiger partial charge in [-0.3, -0.25) is 9.46 Å². The molecule has 1 atom stereocenters. The average molecular weight is 342 g/mol. The van der Waals surface area contributed by atoms with Gasteiger partial charge in [-0.2, -0.15) is 0 Å². The van der Waals surface area contributed by atoms with Crippen molar-refractivity contribution in [3.05, 3.63) is 35.9 Å². The Balaban J connectivity index is 1.73. The summed E-state index contributed by atoms with van der Waals surface area (Å²) in [6.07, 6.45) is -0.362. The van der Waals surface area contributed by atoms with Crippen molar-refractivity contribution >= 4 is 13.7 Å². The van der Waals surface area contributed by atoms with Gasteiger partial charge < -0.3 is 19.1 Å². The van der Waals surface area contributed by atoms with Gasteiger partial charge in [0.25, 0.3) is 0 Å². The van der Waals surface area contributed by atoms with E-state index in [1.807, 2.05) is 35.2 Å². The average Bonchev–Trinajstić information content (AvgIpc) is 2.54. The van der Waals surface area contributed by atoms with E-state index in [2.05, 4.69) is 0 Å². The van der Waals surface area contributed by atoms with Crippen molar-refractivity contribution < 1.29 is 23.5 Å². The second kappa shape index (κ2) is 8.45. The van der Waals surface area contributed by atoms with Crippen molar-refractivity contribution in [2.45, 2.75) is 13.5 Å². The molecule has 2 rings (SSSR count). The fourth-order valence-electron chi connectivity index (χ4n) is 2.38. The van der Waals surface area contributed by atoms with Gasteiger partial charge in [0.2, 0.25) is 0 Å². The van der Waals surface area contributed by atoms with Gasteiger partial charge in [-0.05, 0) is 12.5 Å². The second-order valence-electron chi connectivity index (χ2n) is 5.34. The quantitative estimate of drug-likeness (QED) is 0.798. The third-order valence-corrected chi connectivity index (χ3v) is 4.96. The zero-order valence-corrected chi connectivity index (χ0v) is 14.2. The molecule has 8 heteroatoms. The maximum atomic E-state index is 12.0. The van der Waals surface area contributed by atoms with Gasteiger partial charge in [-0.1, -0.05) is 30.3 Å². The lowest BCUT2D eigenvalue weighted by molar-refractivity contribution is 0.0740. The number of carbonyl (C=O) groups excluding carboxylic acids is 1. The van der Waals surface area contributed by atoms with Gasteiger partial charge in [0, 0.05) is 26.2 Å². The van der Waals surface area contributed by atoms with Crippen LogP contribution in [0, 0.1) is 0 Å². The summed E-state index contributed by atoms with van der Waals surface area (Å²) < 4.78 is 21.9. The summed E-state index contributed by atoms with van der Waals surface area (Å²) in [5.41, 5.74) is 0.942. The number of nitrogens with zero attached hydrogens (tertiary/aromatic N) is 2. The molecule has 128 valence electrons. The highest BCUT2D eigenvalue weighted by Crippen LogP contribution is 2.42. The number of amides is 1. The van der Waals surface area contributed by atoms with Crippen LogP contribution in [-0.2, 0) is 20.4 Å². The number of rotatable bonds is 6. The highest BCUT2D eigenvalue weighted by Gasteiger charge is 2.28. The van der Waals surface area contributed by atoms with Crippen molar-refractivity contribution in [1.29, 1.82) is 0 Å². The molecule has 1 saturated heterocycles. The molecule has 23 heavy (non-hydrogen) atoms. The third-order valence-electron chi connectivity index (χ3n) is 3.55. The lowest BCUT2D eigenvalue weighted by atomic mass is 10.2. The standard InChI is InChI=1S/C15H23N2O5P/c1-2-22-23(19,20)13-16-8-10-17(11-9-16)15(18)21-12-14-6-4-3-5-7-14/h3-7H,2,8-13H2,1H3,(H,19,20). The van der Waals surface area contributed by atoms with E-state index < -0.39 is 7.60 Å². The Kier molecular flexibility index (Phi) is 6.59. The molecule has 1 aromatic carbocycles. The van der Waals surface area contributed by atoms with E-state index in [4.69, 9.17) is 9.26 Å². The van der Waals surface area contributed by atoms with Gasteiger partial charge in [-0.15, -0.1) is 0 Å². The Morgan fingerprint density at radius 3 is 2.48 bits per heavy atom. The fourth-order valence-corrected chi connectivity index (χ4v) is 3.65. The zero-order valence-electron chi connectivity index (χ0n) is 13.3. The normalized spacial score (nSPS) is 18.4. The minimum atomic E-state index is -3.57. The molecule has 0 aromatic heterocycles. The summed E-state index contributed by atoms with van der Waals surface area (Å²) in [5, 5.41) is 0. The minimum absolute atomic E-state index is 0.00621. The summed E-state index contributed by atoms with van der Waals surface area (Å²) >= 11 is 0. The van der Waals surface area contributed by atoms with Crippen LogP contribution in [0.1, 0.15) is 12.5 Å². The Morgan fingerprint density at radius 1 is 1.22 bits per heavy atom. The van der Waals surface area contributed by atoms with Crippen molar-refractivity contribution in [1.82, 2.24) is 9.80 Å². The maximum absolute atomic E-state index is 12.0. The molecule has 1 aromatic rings. The molecule has 0 bridgehead atoms. The van der Waals surface area contributed by atoms with Gasteiger partial charge in [0.1, 0.15) is 12.9 Å². The van der Waals surface area contributed by atoms with Gasteiger partial charge in [-0.25, -0.2) is 4.79 Å². The largest absolute Gasteiger partial charge is 0.445 e. The molecule has 0 saturated carbocycles. The lowest BCUT2D eigenvalue weighted by Gasteiger charge is -2.34. The minimum Gasteiger partial charge on any atom is -0.445 e. The predicted molar refractivity (Wildman–Crippen MR) is 86.1 cm³/mol. The van der Waals surface area contributed by atoms with Crippen LogP contribution < -0.4 is 0 Å². The number of hydrogen-bond acceptors (Lipinski definition) is 5. The molecular formula is C15H23N2O5P. The summed E-state index contributed by atoms with van der Waals surface area (Å²) in [5.74, 6) is 0. The van der Waals surface area contributed by atoms with Crippen molar-refractivity contribution in [2.24, 2.45) is 0 Å². The Morgan fingerprint density at radius 2 is 1.87 bits per heavy atom. The van der Waals surface area contributed by atoms with Crippen LogP contribution in [0.25, 0.3) is 0 Å². The first-order chi connectivity index (χ1) is 11.0. The molecule has 1 aliphatic heterocycles. The molecule has 1 aliphatic rings. The van der Waals surface area contributed by atoms with E-state index in [0.717, 1.165) is 5.56 Å². The summed E-state index contributed by atoms with van der Waals surface area (Å²) in [4.78, 5) is 25.1. The molecular weight excluding hydrogens is 319 g/mol. The van der Waals surface area contributed by atoms with Gasteiger partial charge in [0.15, 0.2) is 0 Å². The van der Waals surface area contributed by atoms with Crippen LogP contribution in [0.2, 0.25) is 0 Å². The van der Waals surface area contributed by atoms with Crippen LogP contribution in [-0.4, -0.2) is 59.9 Å². The highest BCUT2D eigenvalue weighted by atomic mass is 31.2. The number of carbonyl (C=O) groups is 1. The summed E-state index contributed by atoms with van der Waals surface area (Å²) in [7, 11) is -3.57. The first-order valence-electron chi connectivity index (χ1n) is 7.64. The molecule has 1 amide bonds. The van der Waals surface area contributed by atoms with Crippen LogP contribution in [0.5, 0.6) is 0 Å². The molecule has 7 nitrogen and oxygen atoms in total. The molecule has 1 heterocycles. The van der Waals surface area contributed by atoms with Crippen molar-refractivity contribution in [3.63, 3.8) is 0 Å². The topological polar surface area (TPSA) is 79.3 Å². The van der Waals surface area contributed by atoms with E-state index in [9.17, 15) is 14.3 Å². The zero-order chi connectivity index (χ0) is 16.7. The van der Waals surface area contributed by atoms with E-state index in [0.29, 0.717) is 26.2 Å². The SMILES string of the molecule is CCOP(=O)(O)CN1CCN(C(=O)OCc2ccccc2)CC1. The van der Waals surface area contributed by atoms with E-state index >= 15 is 0 Å². The van der Waals surface area contributed by atoms with Crippen LogP contribution >= 0.6 is 7.60 Å². The van der Waals surface area contributed by atoms with Gasteiger partial charge in [0.05, 0.1) is 6.61 Å². The number of piperazine rings is 1. The molecule has 0 spiro atoms. The smallest absolute Gasteiger partial charge is 0.410 e. The predicted octanol–water partition coefficient (Wildman–Crippen LogP) is 2.12. The Labute approximate surface area is 136 Å². The summed E-state index contributed by atoms with van der Waals surface area (Å²) in [6, 6.07) is 9.50. The third kappa shape index (κ3) is 5.95. The van der Waals surface area contributed by atoms with Gasteiger partial charge >= 0.3 is 13.7 Å². The molecule has 1 unspecified atom stereocenters. The number of hydrogen-bond donors (Lipinski definition) is 1. The van der Waals surface area contributed by atoms with Crippen LogP contribution in [0.15, 0.2) is 30.3 Å². The maximum Gasteiger partial charge on any atom is 0.410 e. The van der Waals surface area contributed by atoms with E-state index in [1.54, 1.807) is 11.8 Å². The number of benzene rings is 1. The Hall–Kier alpha value is -1.40. The Bertz CT molecular complexity index is 546. The monoisotopic (exact) mass is 342 g/mol. The first kappa shape index (κ1) is 17.9. The first-order valence-corrected chi connectivity index (χ1v) is 9.41. The van der Waals surface area contributed by atoms with Crippen LogP contribution in [0.3, 0.4) is 0 Å². The molecule has 0 radical (unpaired) electrons. The fraction of sp³-hybridized carbons (Fsp3) is 0.533.